The second-order valence-electron chi connectivity index (χ2n) is 5.00. The average molecular weight is 313 g/mol. The van der Waals surface area contributed by atoms with Crippen LogP contribution in [0.2, 0.25) is 0 Å². The Morgan fingerprint density at radius 1 is 1.52 bits per heavy atom. The molecule has 0 radical (unpaired) electrons. The van der Waals surface area contributed by atoms with Gasteiger partial charge in [0.25, 0.3) is 0 Å². The van der Waals surface area contributed by atoms with Crippen LogP contribution >= 0.6 is 0 Å². The van der Waals surface area contributed by atoms with Crippen molar-refractivity contribution in [2.75, 3.05) is 25.4 Å². The molecule has 0 aromatic carbocycles. The number of anilines is 1. The molecule has 116 valence electrons. The molecule has 1 atom stereocenters. The maximum absolute atomic E-state index is 12.6. The summed E-state index contributed by atoms with van der Waals surface area (Å²) in [6.45, 7) is 1.13. The predicted molar refractivity (Wildman–Crippen MR) is 77.7 cm³/mol. The number of nitrogens with two attached hydrogens (primary N) is 2. The lowest BCUT2D eigenvalue weighted by molar-refractivity contribution is 0.236. The van der Waals surface area contributed by atoms with Gasteiger partial charge in [-0.25, -0.2) is 18.2 Å². The van der Waals surface area contributed by atoms with Crippen molar-refractivity contribution in [1.29, 1.82) is 0 Å². The highest BCUT2D eigenvalue weighted by molar-refractivity contribution is 7.89. The van der Waals surface area contributed by atoms with Crippen molar-refractivity contribution < 1.29 is 13.2 Å². The number of primary amides is 1. The third kappa shape index (κ3) is 3.61. The maximum Gasteiger partial charge on any atom is 0.312 e. The molecule has 2 amide bonds. The van der Waals surface area contributed by atoms with Crippen molar-refractivity contribution in [3.05, 3.63) is 18.3 Å². The lowest BCUT2D eigenvalue weighted by Crippen LogP contribution is -2.44. The highest BCUT2D eigenvalue weighted by Gasteiger charge is 2.31. The summed E-state index contributed by atoms with van der Waals surface area (Å²) in [5.41, 5.74) is 10.7. The Bertz CT molecular complexity index is 619. The highest BCUT2D eigenvalue weighted by atomic mass is 32.2. The van der Waals surface area contributed by atoms with Gasteiger partial charge in [-0.05, 0) is 30.9 Å². The lowest BCUT2D eigenvalue weighted by Gasteiger charge is -2.32. The molecule has 1 fully saturated rings. The minimum atomic E-state index is -3.66. The predicted octanol–water partition coefficient (Wildman–Crippen LogP) is -0.267. The van der Waals surface area contributed by atoms with Crippen LogP contribution in [0.3, 0.4) is 0 Å². The van der Waals surface area contributed by atoms with E-state index in [0.717, 1.165) is 12.8 Å². The van der Waals surface area contributed by atoms with E-state index in [2.05, 4.69) is 10.3 Å². The number of urea groups is 1. The molecule has 1 aromatic heterocycles. The Morgan fingerprint density at radius 2 is 2.29 bits per heavy atom. The lowest BCUT2D eigenvalue weighted by atomic mass is 10.00. The van der Waals surface area contributed by atoms with Crippen molar-refractivity contribution in [1.82, 2.24) is 14.6 Å². The van der Waals surface area contributed by atoms with Gasteiger partial charge in [0, 0.05) is 25.8 Å². The second-order valence-corrected chi connectivity index (χ2v) is 6.91. The molecule has 21 heavy (non-hydrogen) atoms. The van der Waals surface area contributed by atoms with Crippen LogP contribution in [0.25, 0.3) is 0 Å². The number of rotatable bonds is 4. The van der Waals surface area contributed by atoms with Gasteiger partial charge in [-0.2, -0.15) is 4.31 Å². The van der Waals surface area contributed by atoms with Gasteiger partial charge in [-0.1, -0.05) is 0 Å². The number of nitrogens with zero attached hydrogens (tertiary/aromatic N) is 2. The monoisotopic (exact) mass is 313 g/mol. The summed E-state index contributed by atoms with van der Waals surface area (Å²) in [7, 11) is -3.66. The van der Waals surface area contributed by atoms with Gasteiger partial charge in [0.1, 0.15) is 10.7 Å². The molecule has 9 heteroatoms. The van der Waals surface area contributed by atoms with Crippen molar-refractivity contribution in [2.45, 2.75) is 17.7 Å². The van der Waals surface area contributed by atoms with Crippen LogP contribution in [0.5, 0.6) is 0 Å². The van der Waals surface area contributed by atoms with E-state index < -0.39 is 16.1 Å². The number of carbonyl (C=O) groups is 1. The number of hydrogen-bond acceptors (Lipinski definition) is 5. The van der Waals surface area contributed by atoms with E-state index in [1.54, 1.807) is 6.07 Å². The molecule has 2 rings (SSSR count). The van der Waals surface area contributed by atoms with Crippen LogP contribution in [-0.4, -0.2) is 43.4 Å². The number of nitrogen functional groups attached to an aromatic ring is 1. The smallest absolute Gasteiger partial charge is 0.312 e. The number of sulfonamides is 1. The zero-order valence-electron chi connectivity index (χ0n) is 11.5. The summed E-state index contributed by atoms with van der Waals surface area (Å²) in [6.07, 6.45) is 3.02. The Labute approximate surface area is 123 Å². The molecule has 1 unspecified atom stereocenters. The second kappa shape index (κ2) is 6.27. The molecule has 0 spiro atoms. The minimum absolute atomic E-state index is 0.00474. The van der Waals surface area contributed by atoms with Crippen LogP contribution in [0, 0.1) is 5.92 Å². The average Bonchev–Trinajstić information content (AvgIpc) is 2.45. The normalized spacial score (nSPS) is 20.1. The summed E-state index contributed by atoms with van der Waals surface area (Å²) < 4.78 is 26.6. The van der Waals surface area contributed by atoms with E-state index in [0.29, 0.717) is 19.6 Å². The fourth-order valence-corrected chi connectivity index (χ4v) is 4.04. The summed E-state index contributed by atoms with van der Waals surface area (Å²) in [5.74, 6) is 0.0359. The van der Waals surface area contributed by atoms with Crippen LogP contribution in [0.15, 0.2) is 23.2 Å². The first kappa shape index (κ1) is 15.5. The Morgan fingerprint density at radius 3 is 2.95 bits per heavy atom. The molecule has 0 saturated carbocycles. The number of carbonyl (C=O) groups excluding carboxylic acids is 1. The summed E-state index contributed by atoms with van der Waals surface area (Å²) in [6, 6.07) is 2.38. The van der Waals surface area contributed by atoms with E-state index in [1.807, 2.05) is 0 Å². The van der Waals surface area contributed by atoms with E-state index in [-0.39, 0.29) is 16.6 Å². The van der Waals surface area contributed by atoms with Crippen molar-refractivity contribution >= 4 is 21.9 Å². The summed E-state index contributed by atoms with van der Waals surface area (Å²) in [4.78, 5) is 14.6. The first-order valence-corrected chi connectivity index (χ1v) is 8.09. The largest absolute Gasteiger partial charge is 0.383 e. The van der Waals surface area contributed by atoms with E-state index in [9.17, 15) is 13.2 Å². The zero-order chi connectivity index (χ0) is 15.5. The van der Waals surface area contributed by atoms with Crippen LogP contribution in [-0.2, 0) is 10.0 Å². The van der Waals surface area contributed by atoms with Crippen molar-refractivity contribution in [3.8, 4) is 0 Å². The number of aromatic nitrogens is 1. The molecule has 2 heterocycles. The van der Waals surface area contributed by atoms with Gasteiger partial charge in [0.2, 0.25) is 10.0 Å². The van der Waals surface area contributed by atoms with Crippen molar-refractivity contribution in [2.24, 2.45) is 11.7 Å². The van der Waals surface area contributed by atoms with Gasteiger partial charge >= 0.3 is 6.03 Å². The SMILES string of the molecule is NC(=O)NCC1CCCN(S(=O)(=O)c2cccnc2N)C1. The molecule has 1 aliphatic rings. The zero-order valence-corrected chi connectivity index (χ0v) is 12.3. The molecule has 5 N–H and O–H groups in total. The van der Waals surface area contributed by atoms with Crippen LogP contribution in [0.4, 0.5) is 10.6 Å². The minimum Gasteiger partial charge on any atom is -0.383 e. The Hall–Kier alpha value is -1.87. The fraction of sp³-hybridized carbons (Fsp3) is 0.500. The molecular weight excluding hydrogens is 294 g/mol. The highest BCUT2D eigenvalue weighted by Crippen LogP contribution is 2.25. The number of pyridine rings is 1. The number of nitrogens with one attached hydrogen (secondary N) is 1. The van der Waals surface area contributed by atoms with E-state index in [1.165, 1.54) is 16.6 Å². The molecular formula is C12H19N5O3S. The first-order valence-electron chi connectivity index (χ1n) is 6.65. The summed E-state index contributed by atoms with van der Waals surface area (Å²) in [5, 5.41) is 2.52. The molecule has 1 aliphatic heterocycles. The third-order valence-electron chi connectivity index (χ3n) is 3.46. The Balaban J connectivity index is 2.13. The molecule has 1 saturated heterocycles. The molecule has 0 bridgehead atoms. The molecule has 8 nitrogen and oxygen atoms in total. The fourth-order valence-electron chi connectivity index (χ4n) is 2.42. The first-order chi connectivity index (χ1) is 9.91. The van der Waals surface area contributed by atoms with Gasteiger partial charge in [0.15, 0.2) is 0 Å². The number of hydrogen-bond donors (Lipinski definition) is 3. The summed E-state index contributed by atoms with van der Waals surface area (Å²) >= 11 is 0. The van der Waals surface area contributed by atoms with E-state index >= 15 is 0 Å². The number of piperidine rings is 1. The van der Waals surface area contributed by atoms with Crippen LogP contribution in [0.1, 0.15) is 12.8 Å². The standard InChI is InChI=1S/C12H19N5O3S/c13-11-10(4-1-5-15-11)21(19,20)17-6-2-3-9(8-17)7-16-12(14)18/h1,4-5,9H,2-3,6-8H2,(H2,13,15)(H3,14,16,18). The topological polar surface area (TPSA) is 131 Å². The van der Waals surface area contributed by atoms with Gasteiger partial charge < -0.3 is 16.8 Å². The van der Waals surface area contributed by atoms with Crippen LogP contribution < -0.4 is 16.8 Å². The number of amides is 2. The van der Waals surface area contributed by atoms with E-state index in [4.69, 9.17) is 11.5 Å². The maximum atomic E-state index is 12.6. The Kier molecular flexibility index (Phi) is 4.63. The van der Waals surface area contributed by atoms with Gasteiger partial charge in [-0.15, -0.1) is 0 Å². The van der Waals surface area contributed by atoms with Gasteiger partial charge in [-0.3, -0.25) is 0 Å². The molecule has 1 aromatic rings. The van der Waals surface area contributed by atoms with Gasteiger partial charge in [0.05, 0.1) is 0 Å². The molecule has 0 aliphatic carbocycles. The third-order valence-corrected chi connectivity index (χ3v) is 5.38. The quantitative estimate of drug-likeness (QED) is 0.704. The van der Waals surface area contributed by atoms with Crippen molar-refractivity contribution in [3.63, 3.8) is 0 Å².